The van der Waals surface area contributed by atoms with E-state index in [0.29, 0.717) is 0 Å². The minimum absolute atomic E-state index is 0.753. The minimum atomic E-state index is 0.753. The van der Waals surface area contributed by atoms with Crippen LogP contribution >= 0.6 is 0 Å². The van der Waals surface area contributed by atoms with Crippen molar-refractivity contribution < 1.29 is 0 Å². The van der Waals surface area contributed by atoms with Crippen LogP contribution in [0.25, 0.3) is 0 Å². The van der Waals surface area contributed by atoms with Gasteiger partial charge in [-0.1, -0.05) is 13.3 Å². The number of piperidine rings is 1. The second kappa shape index (κ2) is 8.33. The number of hydrogen-bond donors (Lipinski definition) is 1. The number of rotatable bonds is 8. The highest BCUT2D eigenvalue weighted by atomic mass is 15.2. The summed E-state index contributed by atoms with van der Waals surface area (Å²) in [7, 11) is 0. The molecule has 2 heterocycles. The molecular weight excluding hydrogens is 236 g/mol. The smallest absolute Gasteiger partial charge is 0.0945 e. The summed E-state index contributed by atoms with van der Waals surface area (Å²) in [6.45, 7) is 8.14. The lowest BCUT2D eigenvalue weighted by molar-refractivity contribution is 0.142. The molecule has 1 N–H and O–H groups in total. The monoisotopic (exact) mass is 264 g/mol. The summed E-state index contributed by atoms with van der Waals surface area (Å²) in [5.41, 5.74) is 0. The molecule has 4 nitrogen and oxygen atoms in total. The normalized spacial score (nSPS) is 20.8. The fraction of sp³-hybridized carbons (Fsp3) is 0.800. The van der Waals surface area contributed by atoms with E-state index >= 15 is 0 Å². The van der Waals surface area contributed by atoms with E-state index in [4.69, 9.17) is 0 Å². The average molecular weight is 264 g/mol. The average Bonchev–Trinajstić information content (AvgIpc) is 2.94. The molecule has 1 aliphatic rings. The molecule has 0 aromatic carbocycles. The van der Waals surface area contributed by atoms with Crippen molar-refractivity contribution in [3.63, 3.8) is 0 Å². The van der Waals surface area contributed by atoms with Crippen molar-refractivity contribution in [2.45, 2.75) is 51.6 Å². The maximum Gasteiger partial charge on any atom is 0.0945 e. The lowest BCUT2D eigenvalue weighted by Crippen LogP contribution is -2.46. The topological polar surface area (TPSA) is 33.1 Å². The Balaban J connectivity index is 1.69. The molecule has 0 amide bonds. The number of aryl methyl sites for hydroxylation is 1. The molecule has 1 unspecified atom stereocenters. The van der Waals surface area contributed by atoms with Gasteiger partial charge in [-0.15, -0.1) is 0 Å². The van der Waals surface area contributed by atoms with Crippen LogP contribution in [-0.2, 0) is 6.54 Å². The Morgan fingerprint density at radius 3 is 3.05 bits per heavy atom. The zero-order chi connectivity index (χ0) is 13.3. The van der Waals surface area contributed by atoms with Crippen molar-refractivity contribution in [2.75, 3.05) is 26.2 Å². The predicted molar refractivity (Wildman–Crippen MR) is 79.2 cm³/mol. The first-order valence-electron chi connectivity index (χ1n) is 7.80. The predicted octanol–water partition coefficient (Wildman–Crippen LogP) is 2.13. The molecule has 0 radical (unpaired) electrons. The van der Waals surface area contributed by atoms with Crippen molar-refractivity contribution in [3.8, 4) is 0 Å². The summed E-state index contributed by atoms with van der Waals surface area (Å²) in [6, 6.07) is 0.753. The van der Waals surface area contributed by atoms with E-state index in [1.807, 2.05) is 12.5 Å². The summed E-state index contributed by atoms with van der Waals surface area (Å²) in [5, 5.41) is 3.58. The Kier molecular flexibility index (Phi) is 6.37. The summed E-state index contributed by atoms with van der Waals surface area (Å²) in [6.07, 6.45) is 12.4. The second-order valence-electron chi connectivity index (χ2n) is 5.54. The molecule has 1 aromatic heterocycles. The highest BCUT2D eigenvalue weighted by molar-refractivity contribution is 4.79. The third kappa shape index (κ3) is 4.96. The lowest BCUT2D eigenvalue weighted by atomic mass is 10.0. The first-order valence-corrected chi connectivity index (χ1v) is 7.80. The second-order valence-corrected chi connectivity index (χ2v) is 5.54. The van der Waals surface area contributed by atoms with E-state index in [-0.39, 0.29) is 0 Å². The van der Waals surface area contributed by atoms with E-state index in [1.54, 1.807) is 0 Å². The number of hydrogen-bond acceptors (Lipinski definition) is 3. The van der Waals surface area contributed by atoms with Gasteiger partial charge < -0.3 is 9.88 Å². The van der Waals surface area contributed by atoms with Crippen molar-refractivity contribution in [1.29, 1.82) is 0 Å². The van der Waals surface area contributed by atoms with Gasteiger partial charge in [-0.05, 0) is 38.8 Å². The van der Waals surface area contributed by atoms with E-state index < -0.39 is 0 Å². The van der Waals surface area contributed by atoms with Crippen LogP contribution in [0, 0.1) is 0 Å². The van der Waals surface area contributed by atoms with Crippen molar-refractivity contribution in [3.05, 3.63) is 18.7 Å². The van der Waals surface area contributed by atoms with Crippen molar-refractivity contribution >= 4 is 0 Å². The summed E-state index contributed by atoms with van der Waals surface area (Å²) in [5.74, 6) is 0. The Hall–Kier alpha value is -0.870. The van der Waals surface area contributed by atoms with Gasteiger partial charge >= 0.3 is 0 Å². The molecule has 1 atom stereocenters. The van der Waals surface area contributed by atoms with Gasteiger partial charge in [0.05, 0.1) is 6.33 Å². The molecular formula is C15H28N4. The maximum absolute atomic E-state index is 4.09. The van der Waals surface area contributed by atoms with Crippen LogP contribution in [0.4, 0.5) is 0 Å². The standard InChI is InChI=1S/C15H28N4/c1-2-7-16-13-15-6-3-4-10-19(15)11-5-9-18-12-8-17-14-18/h8,12,14-16H,2-7,9-11,13H2,1H3. The Morgan fingerprint density at radius 2 is 2.26 bits per heavy atom. The Morgan fingerprint density at radius 1 is 1.32 bits per heavy atom. The summed E-state index contributed by atoms with van der Waals surface area (Å²) >= 11 is 0. The summed E-state index contributed by atoms with van der Waals surface area (Å²) < 4.78 is 2.17. The molecule has 0 spiro atoms. The van der Waals surface area contributed by atoms with Gasteiger partial charge in [0.15, 0.2) is 0 Å². The van der Waals surface area contributed by atoms with Gasteiger partial charge in [0.25, 0.3) is 0 Å². The largest absolute Gasteiger partial charge is 0.337 e. The lowest BCUT2D eigenvalue weighted by Gasteiger charge is -2.36. The maximum atomic E-state index is 4.09. The van der Waals surface area contributed by atoms with Gasteiger partial charge in [0.2, 0.25) is 0 Å². The van der Waals surface area contributed by atoms with Crippen LogP contribution in [0.1, 0.15) is 39.0 Å². The van der Waals surface area contributed by atoms with Crippen molar-refractivity contribution in [1.82, 2.24) is 19.8 Å². The molecule has 2 rings (SSSR count). The number of nitrogens with zero attached hydrogens (tertiary/aromatic N) is 3. The molecule has 1 aromatic rings. The molecule has 0 bridgehead atoms. The van der Waals surface area contributed by atoms with Crippen LogP contribution in [0.5, 0.6) is 0 Å². The van der Waals surface area contributed by atoms with Gasteiger partial charge in [-0.3, -0.25) is 4.90 Å². The van der Waals surface area contributed by atoms with E-state index in [2.05, 4.69) is 32.9 Å². The first kappa shape index (κ1) is 14.5. The SMILES string of the molecule is CCCNCC1CCCCN1CCCn1ccnc1. The van der Waals surface area contributed by atoms with Gasteiger partial charge in [0.1, 0.15) is 0 Å². The molecule has 1 fully saturated rings. The zero-order valence-electron chi connectivity index (χ0n) is 12.2. The van der Waals surface area contributed by atoms with Crippen LogP contribution in [0.15, 0.2) is 18.7 Å². The Bertz CT molecular complexity index is 323. The molecule has 0 aliphatic carbocycles. The Labute approximate surface area is 117 Å². The molecule has 0 saturated carbocycles. The number of imidazole rings is 1. The fourth-order valence-electron chi connectivity index (χ4n) is 2.91. The molecule has 19 heavy (non-hydrogen) atoms. The van der Waals surface area contributed by atoms with Crippen LogP contribution in [0.3, 0.4) is 0 Å². The van der Waals surface area contributed by atoms with Crippen LogP contribution < -0.4 is 5.32 Å². The van der Waals surface area contributed by atoms with Gasteiger partial charge in [-0.2, -0.15) is 0 Å². The number of aromatic nitrogens is 2. The third-order valence-corrected chi connectivity index (χ3v) is 3.98. The summed E-state index contributed by atoms with van der Waals surface area (Å²) in [4.78, 5) is 6.78. The first-order chi connectivity index (χ1) is 9.40. The van der Waals surface area contributed by atoms with Gasteiger partial charge in [0, 0.05) is 38.1 Å². The molecule has 108 valence electrons. The number of nitrogens with one attached hydrogen (secondary N) is 1. The van der Waals surface area contributed by atoms with Gasteiger partial charge in [-0.25, -0.2) is 4.98 Å². The molecule has 4 heteroatoms. The van der Waals surface area contributed by atoms with Crippen LogP contribution in [-0.4, -0.2) is 46.7 Å². The fourth-order valence-corrected chi connectivity index (χ4v) is 2.91. The quantitative estimate of drug-likeness (QED) is 0.730. The highest BCUT2D eigenvalue weighted by Gasteiger charge is 2.21. The zero-order valence-corrected chi connectivity index (χ0v) is 12.2. The minimum Gasteiger partial charge on any atom is -0.337 e. The highest BCUT2D eigenvalue weighted by Crippen LogP contribution is 2.16. The van der Waals surface area contributed by atoms with E-state index in [0.717, 1.165) is 19.1 Å². The van der Waals surface area contributed by atoms with E-state index in [9.17, 15) is 0 Å². The molecule has 1 aliphatic heterocycles. The van der Waals surface area contributed by atoms with E-state index in [1.165, 1.54) is 51.7 Å². The van der Waals surface area contributed by atoms with Crippen LogP contribution in [0.2, 0.25) is 0 Å². The van der Waals surface area contributed by atoms with Crippen molar-refractivity contribution in [2.24, 2.45) is 0 Å². The third-order valence-electron chi connectivity index (χ3n) is 3.98. The molecule has 1 saturated heterocycles. The number of likely N-dealkylation sites (tertiary alicyclic amines) is 1.